The van der Waals surface area contributed by atoms with E-state index in [0.29, 0.717) is 4.34 Å². The third-order valence-corrected chi connectivity index (χ3v) is 5.90. The number of rotatable bonds is 10. The molecule has 37 heavy (non-hydrogen) atoms. The van der Waals surface area contributed by atoms with Crippen LogP contribution in [0.1, 0.15) is 34.6 Å². The van der Waals surface area contributed by atoms with Crippen LogP contribution in [0.3, 0.4) is 0 Å². The Morgan fingerprint density at radius 1 is 0.919 bits per heavy atom. The molecule has 17 heteroatoms. The van der Waals surface area contributed by atoms with Crippen LogP contribution in [0, 0.1) is 0 Å². The molecular weight excluding hydrogens is 523 g/mol. The third-order valence-electron chi connectivity index (χ3n) is 4.60. The van der Waals surface area contributed by atoms with E-state index in [1.54, 1.807) is 0 Å². The first kappa shape index (κ1) is 29.9. The van der Waals surface area contributed by atoms with Crippen LogP contribution in [0.5, 0.6) is 0 Å². The minimum absolute atomic E-state index is 0.618. The normalized spacial score (nSPS) is 25.6. The van der Waals surface area contributed by atoms with Gasteiger partial charge in [0.15, 0.2) is 24.4 Å². The average Bonchev–Trinajstić information content (AvgIpc) is 3.30. The van der Waals surface area contributed by atoms with Crippen molar-refractivity contribution in [2.24, 2.45) is 0 Å². The van der Waals surface area contributed by atoms with Gasteiger partial charge >= 0.3 is 37.6 Å². The standard InChI is InChI=1S/C20H27N2O14P/c1-10(23)30-8-15(31-11(2)24)16-17(32-12(3)25)18(33-13(4)26)19(34-14(5)27)20(35-16)36-37(28,29)22-7-6-21-9-22/h6-7,9,15-20H,8H2,1-5H3,(H,28,29)/t15-,16-,17-,18+,19+,20+/m1/s1. The quantitative estimate of drug-likeness (QED) is 0.229. The van der Waals surface area contributed by atoms with Gasteiger partial charge in [-0.2, -0.15) is 0 Å². The summed E-state index contributed by atoms with van der Waals surface area (Å²) in [5.41, 5.74) is 0. The molecule has 16 nitrogen and oxygen atoms in total. The Hall–Kier alpha value is -3.33. The molecule has 206 valence electrons. The van der Waals surface area contributed by atoms with Gasteiger partial charge < -0.3 is 33.3 Å². The molecule has 1 N–H and O–H groups in total. The summed E-state index contributed by atoms with van der Waals surface area (Å²) in [4.78, 5) is 73.2. The van der Waals surface area contributed by atoms with Gasteiger partial charge in [-0.3, -0.25) is 28.5 Å². The molecule has 1 aliphatic rings. The van der Waals surface area contributed by atoms with Crippen molar-refractivity contribution in [3.8, 4) is 0 Å². The Morgan fingerprint density at radius 3 is 1.97 bits per heavy atom. The smallest absolute Gasteiger partial charge is 0.440 e. The van der Waals surface area contributed by atoms with E-state index in [1.165, 1.54) is 6.20 Å². The fourth-order valence-corrected chi connectivity index (χ4v) is 4.36. The van der Waals surface area contributed by atoms with Gasteiger partial charge in [0.1, 0.15) is 19.0 Å². The van der Waals surface area contributed by atoms with E-state index >= 15 is 0 Å². The molecule has 0 bridgehead atoms. The lowest BCUT2D eigenvalue weighted by molar-refractivity contribution is -0.300. The van der Waals surface area contributed by atoms with Gasteiger partial charge in [0.2, 0.25) is 6.29 Å². The minimum Gasteiger partial charge on any atom is -0.462 e. The highest BCUT2D eigenvalue weighted by molar-refractivity contribution is 7.51. The van der Waals surface area contributed by atoms with E-state index in [1.807, 2.05) is 0 Å². The molecule has 2 rings (SSSR count). The highest BCUT2D eigenvalue weighted by Gasteiger charge is 2.57. The van der Waals surface area contributed by atoms with Crippen molar-refractivity contribution in [3.05, 3.63) is 18.7 Å². The van der Waals surface area contributed by atoms with E-state index < -0.39 is 81.0 Å². The summed E-state index contributed by atoms with van der Waals surface area (Å²) in [5.74, 6) is -4.40. The van der Waals surface area contributed by atoms with Crippen LogP contribution in [0.4, 0.5) is 0 Å². The highest BCUT2D eigenvalue weighted by Crippen LogP contribution is 2.47. The summed E-state index contributed by atoms with van der Waals surface area (Å²) in [6, 6.07) is 0. The first-order valence-corrected chi connectivity index (χ1v) is 12.2. The van der Waals surface area contributed by atoms with Crippen LogP contribution in [0.25, 0.3) is 0 Å². The summed E-state index contributed by atoms with van der Waals surface area (Å²) in [5, 5.41) is 0. The molecular formula is C20H27N2O14P. The number of esters is 5. The monoisotopic (exact) mass is 550 g/mol. The van der Waals surface area contributed by atoms with Gasteiger partial charge in [0.05, 0.1) is 0 Å². The van der Waals surface area contributed by atoms with Crippen molar-refractivity contribution in [3.63, 3.8) is 0 Å². The summed E-state index contributed by atoms with van der Waals surface area (Å²) < 4.78 is 50.5. The number of hydrogen-bond donors (Lipinski definition) is 1. The second-order valence-electron chi connectivity index (χ2n) is 7.68. The lowest BCUT2D eigenvalue weighted by atomic mass is 9.94. The number of hydrogen-bond acceptors (Lipinski definition) is 14. The number of ether oxygens (including phenoxy) is 6. The zero-order valence-corrected chi connectivity index (χ0v) is 21.4. The molecule has 1 aliphatic heterocycles. The van der Waals surface area contributed by atoms with Crippen LogP contribution in [-0.4, -0.2) is 87.5 Å². The number of aromatic nitrogens is 2. The fraction of sp³-hybridized carbons (Fsp3) is 0.600. The minimum atomic E-state index is -4.77. The molecule has 1 unspecified atom stereocenters. The lowest BCUT2D eigenvalue weighted by Crippen LogP contribution is -2.65. The molecule has 0 saturated carbocycles. The van der Waals surface area contributed by atoms with Gasteiger partial charge in [-0.15, -0.1) is 0 Å². The van der Waals surface area contributed by atoms with Gasteiger partial charge in [-0.25, -0.2) is 13.9 Å². The Kier molecular flexibility index (Phi) is 10.3. The van der Waals surface area contributed by atoms with E-state index in [4.69, 9.17) is 32.9 Å². The van der Waals surface area contributed by atoms with Gasteiger partial charge in [-0.1, -0.05) is 0 Å². The fourth-order valence-electron chi connectivity index (χ4n) is 3.39. The molecule has 2 heterocycles. The van der Waals surface area contributed by atoms with Crippen molar-refractivity contribution in [2.45, 2.75) is 71.4 Å². The molecule has 1 aromatic heterocycles. The molecule has 7 atom stereocenters. The Bertz CT molecular complexity index is 1040. The first-order chi connectivity index (χ1) is 17.2. The van der Waals surface area contributed by atoms with Crippen molar-refractivity contribution < 1.29 is 66.4 Å². The van der Waals surface area contributed by atoms with Gasteiger partial charge in [0.25, 0.3) is 0 Å². The van der Waals surface area contributed by atoms with Crippen LogP contribution < -0.4 is 0 Å². The number of imidazole rings is 1. The Morgan fingerprint density at radius 2 is 1.49 bits per heavy atom. The maximum atomic E-state index is 12.9. The topological polar surface area (TPSA) is 205 Å². The number of carbonyl (C=O) groups excluding carboxylic acids is 5. The summed E-state index contributed by atoms with van der Waals surface area (Å²) in [6.45, 7) is 4.50. The van der Waals surface area contributed by atoms with E-state index in [0.717, 1.165) is 47.1 Å². The largest absolute Gasteiger partial charge is 0.462 e. The van der Waals surface area contributed by atoms with Crippen molar-refractivity contribution in [1.29, 1.82) is 0 Å². The van der Waals surface area contributed by atoms with Crippen LogP contribution >= 0.6 is 7.75 Å². The lowest BCUT2D eigenvalue weighted by Gasteiger charge is -2.45. The predicted molar refractivity (Wildman–Crippen MR) is 116 cm³/mol. The predicted octanol–water partition coefficient (Wildman–Crippen LogP) is -0.137. The summed E-state index contributed by atoms with van der Waals surface area (Å²) >= 11 is 0. The van der Waals surface area contributed by atoms with Crippen LogP contribution in [0.2, 0.25) is 0 Å². The molecule has 0 aromatic carbocycles. The summed E-state index contributed by atoms with van der Waals surface area (Å²) in [6.07, 6.45) is -6.88. The maximum absolute atomic E-state index is 12.9. The highest BCUT2D eigenvalue weighted by atomic mass is 31.2. The molecule has 1 aromatic rings. The van der Waals surface area contributed by atoms with Crippen LogP contribution in [0.15, 0.2) is 18.7 Å². The molecule has 0 radical (unpaired) electrons. The van der Waals surface area contributed by atoms with Gasteiger partial charge in [-0.05, 0) is 0 Å². The van der Waals surface area contributed by atoms with E-state index in [9.17, 15) is 33.4 Å². The SMILES string of the molecule is CC(=O)OC[C@@H](OC(C)=O)[C@H]1O[C@@H](OP(=O)(O)n2ccnc2)[C@@H](OC(C)=O)[C@@H](OC(C)=O)[C@@H]1OC(C)=O. The summed E-state index contributed by atoms with van der Waals surface area (Å²) in [7, 11) is -4.77. The van der Waals surface area contributed by atoms with Crippen LogP contribution in [-0.2, 0) is 61.5 Å². The Labute approximate surface area is 210 Å². The average molecular weight is 550 g/mol. The van der Waals surface area contributed by atoms with E-state index in [2.05, 4.69) is 4.98 Å². The zero-order valence-electron chi connectivity index (χ0n) is 20.5. The first-order valence-electron chi connectivity index (χ1n) is 10.7. The van der Waals surface area contributed by atoms with Crippen molar-refractivity contribution >= 4 is 37.6 Å². The van der Waals surface area contributed by atoms with Crippen molar-refractivity contribution in [2.75, 3.05) is 6.61 Å². The maximum Gasteiger partial charge on any atom is 0.440 e. The molecule has 1 fully saturated rings. The molecule has 1 saturated heterocycles. The van der Waals surface area contributed by atoms with Crippen molar-refractivity contribution in [1.82, 2.24) is 9.32 Å². The second kappa shape index (κ2) is 12.8. The zero-order chi connectivity index (χ0) is 27.9. The molecule has 0 amide bonds. The Balaban J connectivity index is 2.62. The number of nitrogens with zero attached hydrogens (tertiary/aromatic N) is 2. The third kappa shape index (κ3) is 8.63. The van der Waals surface area contributed by atoms with E-state index in [-0.39, 0.29) is 0 Å². The molecule has 0 spiro atoms. The molecule has 0 aliphatic carbocycles. The second-order valence-corrected chi connectivity index (χ2v) is 9.33. The number of carbonyl (C=O) groups is 5. The van der Waals surface area contributed by atoms with Gasteiger partial charge in [0, 0.05) is 47.0 Å².